The van der Waals surface area contributed by atoms with Gasteiger partial charge in [0.25, 0.3) is 5.69 Å². The van der Waals surface area contributed by atoms with Crippen LogP contribution in [0.1, 0.15) is 18.5 Å². The number of hydrogen-bond donors (Lipinski definition) is 1. The predicted molar refractivity (Wildman–Crippen MR) is 84.3 cm³/mol. The fourth-order valence-electron chi connectivity index (χ4n) is 2.15. The largest absolute Gasteiger partial charge is 0.362 e. The molecule has 2 aromatic heterocycles. The molecule has 0 bridgehead atoms. The molecule has 3 aromatic rings. The van der Waals surface area contributed by atoms with Crippen molar-refractivity contribution >= 4 is 11.5 Å². The van der Waals surface area contributed by atoms with Crippen LogP contribution in [0.2, 0.25) is 0 Å². The van der Waals surface area contributed by atoms with Crippen molar-refractivity contribution in [1.29, 1.82) is 0 Å². The standard InChI is InChI=1S/C15H14N6O2/c1-11(12-4-2-5-13(8-12)21(22)23)18-14-9-16-10-15(19-14)20-7-3-6-17-20/h2-11H,1H3,(H,18,19). The molecular weight excluding hydrogens is 296 g/mol. The molecule has 0 saturated heterocycles. The second-order valence-electron chi connectivity index (χ2n) is 4.93. The van der Waals surface area contributed by atoms with Gasteiger partial charge in [0.2, 0.25) is 0 Å². The van der Waals surface area contributed by atoms with Crippen LogP contribution in [0, 0.1) is 10.1 Å². The molecule has 8 heteroatoms. The fourth-order valence-corrected chi connectivity index (χ4v) is 2.15. The zero-order chi connectivity index (χ0) is 16.2. The van der Waals surface area contributed by atoms with Crippen LogP contribution >= 0.6 is 0 Å². The van der Waals surface area contributed by atoms with Gasteiger partial charge >= 0.3 is 0 Å². The van der Waals surface area contributed by atoms with Crippen molar-refractivity contribution in [2.75, 3.05) is 5.32 Å². The number of rotatable bonds is 5. The molecule has 1 unspecified atom stereocenters. The number of nitro benzene ring substituents is 1. The van der Waals surface area contributed by atoms with E-state index < -0.39 is 4.92 Å². The van der Waals surface area contributed by atoms with Crippen molar-refractivity contribution in [3.05, 3.63) is 70.8 Å². The minimum absolute atomic E-state index is 0.0625. The number of non-ortho nitro benzene ring substituents is 1. The number of nitrogens with one attached hydrogen (secondary N) is 1. The van der Waals surface area contributed by atoms with Crippen LogP contribution in [0.4, 0.5) is 11.5 Å². The highest BCUT2D eigenvalue weighted by Gasteiger charge is 2.12. The molecule has 0 saturated carbocycles. The van der Waals surface area contributed by atoms with Gasteiger partial charge in [-0.05, 0) is 18.6 Å². The van der Waals surface area contributed by atoms with Gasteiger partial charge in [-0.3, -0.25) is 15.1 Å². The van der Waals surface area contributed by atoms with Gasteiger partial charge in [-0.25, -0.2) is 9.67 Å². The number of benzene rings is 1. The minimum Gasteiger partial charge on any atom is -0.362 e. The highest BCUT2D eigenvalue weighted by atomic mass is 16.6. The second-order valence-corrected chi connectivity index (χ2v) is 4.93. The summed E-state index contributed by atoms with van der Waals surface area (Å²) in [6.45, 7) is 1.90. The lowest BCUT2D eigenvalue weighted by atomic mass is 10.1. The smallest absolute Gasteiger partial charge is 0.269 e. The second kappa shape index (κ2) is 6.22. The third-order valence-electron chi connectivity index (χ3n) is 3.31. The summed E-state index contributed by atoms with van der Waals surface area (Å²) in [6.07, 6.45) is 6.64. The van der Waals surface area contributed by atoms with E-state index in [1.165, 1.54) is 6.07 Å². The topological polar surface area (TPSA) is 98.8 Å². The van der Waals surface area contributed by atoms with E-state index in [2.05, 4.69) is 20.4 Å². The van der Waals surface area contributed by atoms with E-state index in [-0.39, 0.29) is 11.7 Å². The lowest BCUT2D eigenvalue weighted by Crippen LogP contribution is -2.10. The van der Waals surface area contributed by atoms with Gasteiger partial charge in [0.05, 0.1) is 23.4 Å². The number of nitrogens with zero attached hydrogens (tertiary/aromatic N) is 5. The number of hydrogen-bond acceptors (Lipinski definition) is 6. The molecule has 2 heterocycles. The Morgan fingerprint density at radius 1 is 1.30 bits per heavy atom. The average molecular weight is 310 g/mol. The average Bonchev–Trinajstić information content (AvgIpc) is 3.10. The molecule has 0 spiro atoms. The van der Waals surface area contributed by atoms with Crippen molar-refractivity contribution in [2.24, 2.45) is 0 Å². The molecule has 116 valence electrons. The van der Waals surface area contributed by atoms with Crippen molar-refractivity contribution in [1.82, 2.24) is 19.7 Å². The summed E-state index contributed by atoms with van der Waals surface area (Å²) < 4.78 is 1.61. The van der Waals surface area contributed by atoms with Gasteiger partial charge in [-0.15, -0.1) is 0 Å². The van der Waals surface area contributed by atoms with E-state index in [0.29, 0.717) is 11.6 Å². The van der Waals surface area contributed by atoms with Crippen LogP contribution in [0.25, 0.3) is 5.82 Å². The first-order chi connectivity index (χ1) is 11.1. The molecule has 1 aromatic carbocycles. The van der Waals surface area contributed by atoms with E-state index in [1.807, 2.05) is 13.0 Å². The molecule has 0 amide bonds. The van der Waals surface area contributed by atoms with Gasteiger partial charge in [0.1, 0.15) is 5.82 Å². The van der Waals surface area contributed by atoms with Gasteiger partial charge < -0.3 is 5.32 Å². The summed E-state index contributed by atoms with van der Waals surface area (Å²) in [7, 11) is 0. The van der Waals surface area contributed by atoms with E-state index in [1.54, 1.807) is 47.7 Å². The number of nitro groups is 1. The normalized spacial score (nSPS) is 11.9. The van der Waals surface area contributed by atoms with E-state index in [0.717, 1.165) is 5.56 Å². The molecule has 1 N–H and O–H groups in total. The van der Waals surface area contributed by atoms with E-state index in [9.17, 15) is 10.1 Å². The van der Waals surface area contributed by atoms with Crippen molar-refractivity contribution in [2.45, 2.75) is 13.0 Å². The Morgan fingerprint density at radius 3 is 2.91 bits per heavy atom. The Morgan fingerprint density at radius 2 is 2.17 bits per heavy atom. The lowest BCUT2D eigenvalue weighted by molar-refractivity contribution is -0.384. The van der Waals surface area contributed by atoms with Gasteiger partial charge in [0, 0.05) is 24.5 Å². The minimum atomic E-state index is -0.408. The molecule has 1 atom stereocenters. The third-order valence-corrected chi connectivity index (χ3v) is 3.31. The SMILES string of the molecule is CC(Nc1cncc(-n2cccn2)n1)c1cccc([N+](=O)[O-])c1. The van der Waals surface area contributed by atoms with Gasteiger partial charge in [-0.1, -0.05) is 12.1 Å². The predicted octanol–water partition coefficient (Wildman–Crippen LogP) is 2.74. The van der Waals surface area contributed by atoms with Crippen LogP contribution in [0.15, 0.2) is 55.1 Å². The maximum absolute atomic E-state index is 10.9. The Labute approximate surface area is 132 Å². The Bertz CT molecular complexity index is 818. The first kappa shape index (κ1) is 14.6. The Hall–Kier alpha value is -3.29. The van der Waals surface area contributed by atoms with Crippen LogP contribution in [-0.4, -0.2) is 24.7 Å². The first-order valence-corrected chi connectivity index (χ1v) is 6.96. The molecule has 3 rings (SSSR count). The van der Waals surface area contributed by atoms with Crippen molar-refractivity contribution in [3.63, 3.8) is 0 Å². The van der Waals surface area contributed by atoms with Crippen LogP contribution in [-0.2, 0) is 0 Å². The Kier molecular flexibility index (Phi) is 3.96. The monoisotopic (exact) mass is 310 g/mol. The van der Waals surface area contributed by atoms with Gasteiger partial charge in [-0.2, -0.15) is 5.10 Å². The molecule has 0 radical (unpaired) electrons. The summed E-state index contributed by atoms with van der Waals surface area (Å²) in [6, 6.07) is 8.15. The van der Waals surface area contributed by atoms with E-state index >= 15 is 0 Å². The van der Waals surface area contributed by atoms with Crippen molar-refractivity contribution in [3.8, 4) is 5.82 Å². The summed E-state index contributed by atoms with van der Waals surface area (Å²) in [4.78, 5) is 19.0. The number of anilines is 1. The Balaban J connectivity index is 1.80. The quantitative estimate of drug-likeness (QED) is 0.574. The zero-order valence-corrected chi connectivity index (χ0v) is 12.3. The third kappa shape index (κ3) is 3.31. The zero-order valence-electron chi connectivity index (χ0n) is 12.3. The van der Waals surface area contributed by atoms with Crippen LogP contribution in [0.5, 0.6) is 0 Å². The summed E-state index contributed by atoms with van der Waals surface area (Å²) in [5, 5.41) is 18.2. The van der Waals surface area contributed by atoms with Crippen LogP contribution in [0.3, 0.4) is 0 Å². The number of aromatic nitrogens is 4. The van der Waals surface area contributed by atoms with E-state index in [4.69, 9.17) is 0 Å². The van der Waals surface area contributed by atoms with Crippen molar-refractivity contribution < 1.29 is 4.92 Å². The summed E-state index contributed by atoms with van der Waals surface area (Å²) >= 11 is 0. The molecule has 0 aliphatic heterocycles. The fraction of sp³-hybridized carbons (Fsp3) is 0.133. The highest BCUT2D eigenvalue weighted by molar-refractivity contribution is 5.42. The van der Waals surface area contributed by atoms with Crippen LogP contribution < -0.4 is 5.32 Å². The summed E-state index contributed by atoms with van der Waals surface area (Å²) in [5.41, 5.74) is 0.859. The molecule has 23 heavy (non-hydrogen) atoms. The lowest BCUT2D eigenvalue weighted by Gasteiger charge is -2.15. The summed E-state index contributed by atoms with van der Waals surface area (Å²) in [5.74, 6) is 1.16. The molecular formula is C15H14N6O2. The highest BCUT2D eigenvalue weighted by Crippen LogP contribution is 2.22. The maximum Gasteiger partial charge on any atom is 0.269 e. The molecule has 0 aliphatic rings. The maximum atomic E-state index is 10.9. The first-order valence-electron chi connectivity index (χ1n) is 6.96. The molecule has 8 nitrogen and oxygen atoms in total. The molecule has 0 aliphatic carbocycles. The molecule has 0 fully saturated rings. The van der Waals surface area contributed by atoms with Gasteiger partial charge in [0.15, 0.2) is 5.82 Å².